The number of pyridine rings is 1. The van der Waals surface area contributed by atoms with Crippen molar-refractivity contribution in [2.45, 2.75) is 25.7 Å². The predicted molar refractivity (Wildman–Crippen MR) is 67.7 cm³/mol. The first-order chi connectivity index (χ1) is 8.81. The lowest BCUT2D eigenvalue weighted by Gasteiger charge is -2.19. The summed E-state index contributed by atoms with van der Waals surface area (Å²) < 4.78 is 5.45. The lowest BCUT2D eigenvalue weighted by Crippen LogP contribution is -2.11. The predicted octanol–water partition coefficient (Wildman–Crippen LogP) is 2.67. The third kappa shape index (κ3) is 1.56. The zero-order valence-corrected chi connectivity index (χ0v) is 9.94. The number of hydrogen-bond donors (Lipinski definition) is 1. The van der Waals surface area contributed by atoms with Gasteiger partial charge in [0.25, 0.3) is 0 Å². The molecule has 0 saturated heterocycles. The molecule has 2 N–H and O–H groups in total. The fraction of sp³-hybridized carbons (Fsp3) is 0.286. The van der Waals surface area contributed by atoms with E-state index < -0.39 is 0 Å². The lowest BCUT2D eigenvalue weighted by atomic mass is 9.89. The molecule has 1 aliphatic carbocycles. The monoisotopic (exact) mass is 239 g/mol. The molecule has 0 radical (unpaired) electrons. The number of aryl methyl sites for hydroxylation is 1. The highest BCUT2D eigenvalue weighted by Crippen LogP contribution is 2.35. The van der Waals surface area contributed by atoms with E-state index >= 15 is 0 Å². The molecule has 1 aliphatic rings. The van der Waals surface area contributed by atoms with E-state index in [1.807, 2.05) is 12.1 Å². The third-order valence-electron chi connectivity index (χ3n) is 3.38. The second-order valence-corrected chi connectivity index (χ2v) is 4.47. The summed E-state index contributed by atoms with van der Waals surface area (Å²) >= 11 is 0. The van der Waals surface area contributed by atoms with E-state index in [0.717, 1.165) is 42.5 Å². The van der Waals surface area contributed by atoms with Crippen LogP contribution >= 0.6 is 0 Å². The van der Waals surface area contributed by atoms with Gasteiger partial charge in [-0.15, -0.1) is 0 Å². The van der Waals surface area contributed by atoms with Crippen molar-refractivity contribution in [3.63, 3.8) is 0 Å². The van der Waals surface area contributed by atoms with Gasteiger partial charge in [-0.3, -0.25) is 0 Å². The van der Waals surface area contributed by atoms with E-state index in [2.05, 4.69) is 11.1 Å². The molecule has 0 atom stereocenters. The quantitative estimate of drug-likeness (QED) is 0.830. The first-order valence-corrected chi connectivity index (χ1v) is 6.06. The van der Waals surface area contributed by atoms with Crippen LogP contribution in [-0.2, 0) is 12.8 Å². The minimum absolute atomic E-state index is 0.310. The molecule has 0 fully saturated rings. The van der Waals surface area contributed by atoms with E-state index in [4.69, 9.17) is 10.2 Å². The largest absolute Gasteiger partial charge is 0.464 e. The number of aromatic nitrogens is 1. The second-order valence-electron chi connectivity index (χ2n) is 4.47. The molecule has 4 nitrogen and oxygen atoms in total. The molecule has 0 bridgehead atoms. The Morgan fingerprint density at radius 2 is 2.17 bits per heavy atom. The van der Waals surface area contributed by atoms with Gasteiger partial charge in [0.15, 0.2) is 0 Å². The van der Waals surface area contributed by atoms with Crippen LogP contribution in [0.3, 0.4) is 0 Å². The number of anilines is 1. The van der Waals surface area contributed by atoms with Crippen molar-refractivity contribution in [2.24, 2.45) is 0 Å². The van der Waals surface area contributed by atoms with Crippen LogP contribution in [0.5, 0.6) is 0 Å². The summed E-state index contributed by atoms with van der Waals surface area (Å²) in [6, 6.07) is 5.84. The maximum atomic E-state index is 9.29. The van der Waals surface area contributed by atoms with Gasteiger partial charge in [0.2, 0.25) is 0 Å². The normalized spacial score (nSPS) is 13.9. The van der Waals surface area contributed by atoms with Crippen LogP contribution in [0.4, 0.5) is 5.82 Å². The van der Waals surface area contributed by atoms with Crippen LogP contribution in [0, 0.1) is 11.3 Å². The number of rotatable bonds is 1. The summed E-state index contributed by atoms with van der Waals surface area (Å²) in [4.78, 5) is 4.37. The summed E-state index contributed by atoms with van der Waals surface area (Å²) in [7, 11) is 0. The zero-order valence-electron chi connectivity index (χ0n) is 9.94. The highest BCUT2D eigenvalue weighted by Gasteiger charge is 2.23. The van der Waals surface area contributed by atoms with Gasteiger partial charge in [-0.1, -0.05) is 0 Å². The van der Waals surface area contributed by atoms with Crippen molar-refractivity contribution in [2.75, 3.05) is 5.73 Å². The number of furan rings is 1. The van der Waals surface area contributed by atoms with Crippen LogP contribution in [0.1, 0.15) is 29.7 Å². The Hall–Kier alpha value is -2.28. The number of nitrogens with zero attached hydrogens (tertiary/aromatic N) is 2. The molecule has 90 valence electrons. The molecule has 0 saturated carbocycles. The smallest absolute Gasteiger partial charge is 0.142 e. The SMILES string of the molecule is N#Cc1c(N)nc2c(c1-c1ccco1)CCCC2. The standard InChI is InChI=1S/C14H13N3O/c15-8-10-13(12-6-3-7-18-12)9-4-1-2-5-11(9)17-14(10)16/h3,6-7H,1-2,4-5H2,(H2,16,17). The van der Waals surface area contributed by atoms with Crippen molar-refractivity contribution in [1.29, 1.82) is 5.26 Å². The molecular formula is C14H13N3O. The molecule has 2 aromatic rings. The van der Waals surface area contributed by atoms with Crippen molar-refractivity contribution >= 4 is 5.82 Å². The molecule has 4 heteroatoms. The fourth-order valence-corrected chi connectivity index (χ4v) is 2.57. The number of nitrogen functional groups attached to an aromatic ring is 1. The van der Waals surface area contributed by atoms with Gasteiger partial charge in [0.1, 0.15) is 23.2 Å². The van der Waals surface area contributed by atoms with E-state index in [-0.39, 0.29) is 0 Å². The maximum absolute atomic E-state index is 9.29. The summed E-state index contributed by atoms with van der Waals surface area (Å²) in [5.74, 6) is 1.02. The fourth-order valence-electron chi connectivity index (χ4n) is 2.57. The lowest BCUT2D eigenvalue weighted by molar-refractivity contribution is 0.579. The van der Waals surface area contributed by atoms with E-state index in [0.29, 0.717) is 17.1 Å². The molecule has 18 heavy (non-hydrogen) atoms. The minimum atomic E-state index is 0.310. The Morgan fingerprint density at radius 3 is 2.89 bits per heavy atom. The van der Waals surface area contributed by atoms with E-state index in [1.54, 1.807) is 6.26 Å². The highest BCUT2D eigenvalue weighted by atomic mass is 16.3. The minimum Gasteiger partial charge on any atom is -0.464 e. The Morgan fingerprint density at radius 1 is 1.33 bits per heavy atom. The number of nitriles is 1. The molecule has 3 rings (SSSR count). The molecular weight excluding hydrogens is 226 g/mol. The van der Waals surface area contributed by atoms with Gasteiger partial charge in [0.05, 0.1) is 6.26 Å². The molecule has 2 aromatic heterocycles. The molecule has 2 heterocycles. The Kier molecular flexibility index (Phi) is 2.52. The zero-order chi connectivity index (χ0) is 12.5. The number of nitrogens with two attached hydrogens (primary N) is 1. The number of hydrogen-bond acceptors (Lipinski definition) is 4. The van der Waals surface area contributed by atoms with Crippen LogP contribution < -0.4 is 5.73 Å². The average molecular weight is 239 g/mol. The van der Waals surface area contributed by atoms with Gasteiger partial charge in [0, 0.05) is 11.3 Å². The van der Waals surface area contributed by atoms with Crippen molar-refractivity contribution < 1.29 is 4.42 Å². The summed E-state index contributed by atoms with van der Waals surface area (Å²) in [5.41, 5.74) is 9.30. The Labute approximate surface area is 105 Å². The van der Waals surface area contributed by atoms with Crippen molar-refractivity contribution in [1.82, 2.24) is 4.98 Å². The summed E-state index contributed by atoms with van der Waals surface area (Å²) in [6.45, 7) is 0. The van der Waals surface area contributed by atoms with Crippen molar-refractivity contribution in [3.8, 4) is 17.4 Å². The van der Waals surface area contributed by atoms with Crippen LogP contribution in [0.25, 0.3) is 11.3 Å². The Balaban J connectivity index is 2.33. The highest BCUT2D eigenvalue weighted by molar-refractivity contribution is 5.76. The van der Waals surface area contributed by atoms with Gasteiger partial charge >= 0.3 is 0 Å². The summed E-state index contributed by atoms with van der Waals surface area (Å²) in [5, 5.41) is 9.29. The van der Waals surface area contributed by atoms with Crippen LogP contribution in [0.15, 0.2) is 22.8 Å². The average Bonchev–Trinajstić information content (AvgIpc) is 2.90. The second kappa shape index (κ2) is 4.19. The van der Waals surface area contributed by atoms with E-state index in [9.17, 15) is 5.26 Å². The first-order valence-electron chi connectivity index (χ1n) is 6.06. The first kappa shape index (κ1) is 10.8. The summed E-state index contributed by atoms with van der Waals surface area (Å²) in [6.07, 6.45) is 5.73. The third-order valence-corrected chi connectivity index (χ3v) is 3.38. The van der Waals surface area contributed by atoms with Gasteiger partial charge in [-0.25, -0.2) is 4.98 Å². The molecule has 0 aliphatic heterocycles. The van der Waals surface area contributed by atoms with Crippen LogP contribution in [-0.4, -0.2) is 4.98 Å². The van der Waals surface area contributed by atoms with Gasteiger partial charge in [-0.2, -0.15) is 5.26 Å². The molecule has 0 amide bonds. The maximum Gasteiger partial charge on any atom is 0.142 e. The Bertz CT molecular complexity index is 623. The molecule has 0 aromatic carbocycles. The van der Waals surface area contributed by atoms with Gasteiger partial charge in [-0.05, 0) is 43.4 Å². The van der Waals surface area contributed by atoms with E-state index in [1.165, 1.54) is 0 Å². The molecule has 0 unspecified atom stereocenters. The van der Waals surface area contributed by atoms with Gasteiger partial charge < -0.3 is 10.2 Å². The number of fused-ring (bicyclic) bond motifs is 1. The van der Waals surface area contributed by atoms with Crippen LogP contribution in [0.2, 0.25) is 0 Å². The molecule has 0 spiro atoms. The van der Waals surface area contributed by atoms with Crippen molar-refractivity contribution in [3.05, 3.63) is 35.2 Å². The topological polar surface area (TPSA) is 75.8 Å².